The van der Waals surface area contributed by atoms with Crippen molar-refractivity contribution in [3.63, 3.8) is 0 Å². The van der Waals surface area contributed by atoms with E-state index >= 15 is 0 Å². The van der Waals surface area contributed by atoms with E-state index in [1.54, 1.807) is 6.92 Å². The summed E-state index contributed by atoms with van der Waals surface area (Å²) in [5.74, 6) is -0.400. The van der Waals surface area contributed by atoms with Gasteiger partial charge in [0.05, 0.1) is 18.0 Å². The van der Waals surface area contributed by atoms with Crippen LogP contribution in [0.2, 0.25) is 0 Å². The molecule has 0 unspecified atom stereocenters. The Hall–Kier alpha value is -2.11. The number of nitro benzene ring substituents is 1. The van der Waals surface area contributed by atoms with Crippen LogP contribution in [0.1, 0.15) is 12.5 Å². The molecule has 6 heteroatoms. The van der Waals surface area contributed by atoms with E-state index in [0.717, 1.165) is 0 Å². The molecule has 0 aliphatic heterocycles. The first-order valence-electron chi connectivity index (χ1n) is 4.73. The minimum Gasteiger partial charge on any atom is -0.466 e. The van der Waals surface area contributed by atoms with Gasteiger partial charge in [0.1, 0.15) is 0 Å². The number of nitrogens with two attached hydrogens (primary N) is 1. The average Bonchev–Trinajstić information content (AvgIpc) is 2.21. The summed E-state index contributed by atoms with van der Waals surface area (Å²) >= 11 is 0. The molecule has 0 spiro atoms. The maximum atomic E-state index is 11.2. The number of nitrogens with zero attached hydrogens (tertiary/aromatic N) is 1. The van der Waals surface area contributed by atoms with Crippen molar-refractivity contribution in [2.45, 2.75) is 13.3 Å². The van der Waals surface area contributed by atoms with E-state index in [0.29, 0.717) is 12.2 Å². The van der Waals surface area contributed by atoms with Crippen LogP contribution in [-0.2, 0) is 16.0 Å². The van der Waals surface area contributed by atoms with Gasteiger partial charge in [-0.15, -0.1) is 0 Å². The number of hydrogen-bond acceptors (Lipinski definition) is 5. The Morgan fingerprint density at radius 1 is 1.56 bits per heavy atom. The van der Waals surface area contributed by atoms with Gasteiger partial charge in [-0.1, -0.05) is 0 Å². The highest BCUT2D eigenvalue weighted by Gasteiger charge is 2.11. The largest absolute Gasteiger partial charge is 0.466 e. The molecule has 0 amide bonds. The van der Waals surface area contributed by atoms with Gasteiger partial charge in [0.15, 0.2) is 0 Å². The van der Waals surface area contributed by atoms with Crippen LogP contribution in [0, 0.1) is 10.1 Å². The van der Waals surface area contributed by atoms with Crippen molar-refractivity contribution in [2.24, 2.45) is 0 Å². The summed E-state index contributed by atoms with van der Waals surface area (Å²) in [7, 11) is 0. The first-order chi connectivity index (χ1) is 7.54. The topological polar surface area (TPSA) is 95.5 Å². The lowest BCUT2D eigenvalue weighted by atomic mass is 10.1. The molecule has 0 atom stereocenters. The van der Waals surface area contributed by atoms with Gasteiger partial charge in [-0.25, -0.2) is 0 Å². The quantitative estimate of drug-likeness (QED) is 0.359. The second kappa shape index (κ2) is 5.11. The Kier molecular flexibility index (Phi) is 3.82. The van der Waals surface area contributed by atoms with Crippen LogP contribution in [0.15, 0.2) is 18.2 Å². The van der Waals surface area contributed by atoms with Crippen molar-refractivity contribution < 1.29 is 14.5 Å². The SMILES string of the molecule is CCOC(=O)Cc1ccc([N+](=O)[O-])cc1N. The molecule has 0 radical (unpaired) electrons. The Balaban J connectivity index is 2.83. The highest BCUT2D eigenvalue weighted by atomic mass is 16.6. The highest BCUT2D eigenvalue weighted by molar-refractivity contribution is 5.75. The second-order valence-corrected chi connectivity index (χ2v) is 3.12. The smallest absolute Gasteiger partial charge is 0.310 e. The lowest BCUT2D eigenvalue weighted by molar-refractivity contribution is -0.384. The van der Waals surface area contributed by atoms with Crippen LogP contribution in [0.25, 0.3) is 0 Å². The summed E-state index contributed by atoms with van der Waals surface area (Å²) in [4.78, 5) is 21.1. The third-order valence-corrected chi connectivity index (χ3v) is 1.98. The third kappa shape index (κ3) is 2.94. The van der Waals surface area contributed by atoms with Crippen LogP contribution >= 0.6 is 0 Å². The Morgan fingerprint density at radius 3 is 2.75 bits per heavy atom. The number of carbonyl (C=O) groups excluding carboxylic acids is 1. The Labute approximate surface area is 92.2 Å². The molecule has 2 N–H and O–H groups in total. The molecule has 1 aromatic carbocycles. The number of carbonyl (C=O) groups is 1. The van der Waals surface area contributed by atoms with Crippen LogP contribution < -0.4 is 5.73 Å². The molecule has 0 heterocycles. The number of esters is 1. The van der Waals surface area contributed by atoms with E-state index < -0.39 is 10.9 Å². The molecule has 0 bridgehead atoms. The van der Waals surface area contributed by atoms with E-state index in [9.17, 15) is 14.9 Å². The van der Waals surface area contributed by atoms with Crippen LogP contribution in [0.5, 0.6) is 0 Å². The van der Waals surface area contributed by atoms with E-state index in [4.69, 9.17) is 10.5 Å². The predicted molar refractivity (Wildman–Crippen MR) is 57.8 cm³/mol. The number of ether oxygens (including phenoxy) is 1. The molecule has 1 aromatic rings. The zero-order valence-corrected chi connectivity index (χ0v) is 8.80. The Morgan fingerprint density at radius 2 is 2.25 bits per heavy atom. The first-order valence-corrected chi connectivity index (χ1v) is 4.73. The van der Waals surface area contributed by atoms with Gasteiger partial charge in [0, 0.05) is 17.8 Å². The molecule has 16 heavy (non-hydrogen) atoms. The van der Waals surface area contributed by atoms with E-state index in [2.05, 4.69) is 0 Å². The maximum absolute atomic E-state index is 11.2. The summed E-state index contributed by atoms with van der Waals surface area (Å²) in [5.41, 5.74) is 6.25. The fourth-order valence-corrected chi connectivity index (χ4v) is 1.22. The van der Waals surface area contributed by atoms with Crippen molar-refractivity contribution in [3.05, 3.63) is 33.9 Å². The number of nitrogen functional groups attached to an aromatic ring is 1. The van der Waals surface area contributed by atoms with Crippen molar-refractivity contribution >= 4 is 17.3 Å². The number of benzene rings is 1. The van der Waals surface area contributed by atoms with Gasteiger partial charge >= 0.3 is 5.97 Å². The number of rotatable bonds is 4. The highest BCUT2D eigenvalue weighted by Crippen LogP contribution is 2.20. The molecule has 0 fully saturated rings. The van der Waals surface area contributed by atoms with Gasteiger partial charge in [0.25, 0.3) is 5.69 Å². The second-order valence-electron chi connectivity index (χ2n) is 3.12. The van der Waals surface area contributed by atoms with Crippen molar-refractivity contribution in [1.82, 2.24) is 0 Å². The summed E-state index contributed by atoms with van der Waals surface area (Å²) in [5, 5.41) is 10.4. The number of non-ortho nitro benzene ring substituents is 1. The van der Waals surface area contributed by atoms with Crippen LogP contribution in [-0.4, -0.2) is 17.5 Å². The van der Waals surface area contributed by atoms with Crippen LogP contribution in [0.4, 0.5) is 11.4 Å². The monoisotopic (exact) mass is 224 g/mol. The zero-order chi connectivity index (χ0) is 12.1. The van der Waals surface area contributed by atoms with Crippen molar-refractivity contribution in [3.8, 4) is 0 Å². The molecule has 0 saturated carbocycles. The average molecular weight is 224 g/mol. The fraction of sp³-hybridized carbons (Fsp3) is 0.300. The van der Waals surface area contributed by atoms with E-state index in [1.807, 2.05) is 0 Å². The van der Waals surface area contributed by atoms with Gasteiger partial charge in [0.2, 0.25) is 0 Å². The molecule has 0 aromatic heterocycles. The van der Waals surface area contributed by atoms with Crippen molar-refractivity contribution in [2.75, 3.05) is 12.3 Å². The molecule has 0 aliphatic rings. The van der Waals surface area contributed by atoms with Crippen molar-refractivity contribution in [1.29, 1.82) is 0 Å². The maximum Gasteiger partial charge on any atom is 0.310 e. The predicted octanol–water partition coefficient (Wildman–Crippen LogP) is 1.28. The van der Waals surface area contributed by atoms with Gasteiger partial charge < -0.3 is 10.5 Å². The fourth-order valence-electron chi connectivity index (χ4n) is 1.22. The van der Waals surface area contributed by atoms with E-state index in [-0.39, 0.29) is 17.8 Å². The molecular formula is C10H12N2O4. The minimum absolute atomic E-state index is 0.0255. The normalized spacial score (nSPS) is 9.81. The first kappa shape index (κ1) is 12.0. The Bertz CT molecular complexity index is 417. The lowest BCUT2D eigenvalue weighted by Gasteiger charge is -2.04. The van der Waals surface area contributed by atoms with Gasteiger partial charge in [-0.2, -0.15) is 0 Å². The summed E-state index contributed by atoms with van der Waals surface area (Å²) in [6.07, 6.45) is 0.0255. The molecule has 86 valence electrons. The summed E-state index contributed by atoms with van der Waals surface area (Å²) in [6, 6.07) is 4.00. The number of hydrogen-bond donors (Lipinski definition) is 1. The van der Waals surface area contributed by atoms with Gasteiger partial charge in [-0.05, 0) is 18.6 Å². The standard InChI is InChI=1S/C10H12N2O4/c1-2-16-10(13)5-7-3-4-8(12(14)15)6-9(7)11/h3-4,6H,2,5,11H2,1H3. The zero-order valence-electron chi connectivity index (χ0n) is 8.80. The molecule has 6 nitrogen and oxygen atoms in total. The molecule has 0 aliphatic carbocycles. The molecular weight excluding hydrogens is 212 g/mol. The molecule has 0 saturated heterocycles. The van der Waals surface area contributed by atoms with Crippen LogP contribution in [0.3, 0.4) is 0 Å². The minimum atomic E-state index is -0.537. The van der Waals surface area contributed by atoms with Gasteiger partial charge in [-0.3, -0.25) is 14.9 Å². The lowest BCUT2D eigenvalue weighted by Crippen LogP contribution is -2.09. The number of nitro groups is 1. The summed E-state index contributed by atoms with van der Waals surface area (Å²) < 4.78 is 4.75. The number of anilines is 1. The third-order valence-electron chi connectivity index (χ3n) is 1.98. The van der Waals surface area contributed by atoms with E-state index in [1.165, 1.54) is 18.2 Å². The molecule has 1 rings (SSSR count). The summed E-state index contributed by atoms with van der Waals surface area (Å²) in [6.45, 7) is 2.00.